The van der Waals surface area contributed by atoms with Crippen molar-refractivity contribution in [2.45, 2.75) is 13.0 Å². The highest BCUT2D eigenvalue weighted by Crippen LogP contribution is 2.29. The van der Waals surface area contributed by atoms with E-state index in [4.69, 9.17) is 21.1 Å². The average molecular weight is 446 g/mol. The molecule has 0 spiro atoms. The van der Waals surface area contributed by atoms with Gasteiger partial charge in [-0.25, -0.2) is 4.39 Å². The van der Waals surface area contributed by atoms with Crippen molar-refractivity contribution < 1.29 is 18.7 Å². The predicted molar refractivity (Wildman–Crippen MR) is 117 cm³/mol. The van der Waals surface area contributed by atoms with Gasteiger partial charge in [-0.2, -0.15) is 0 Å². The van der Waals surface area contributed by atoms with Crippen molar-refractivity contribution in [2.75, 3.05) is 32.6 Å². The van der Waals surface area contributed by atoms with Gasteiger partial charge in [-0.3, -0.25) is 14.5 Å². The number of rotatable bonds is 5. The van der Waals surface area contributed by atoms with Crippen molar-refractivity contribution in [2.24, 2.45) is 0 Å². The number of hydrogen-bond acceptors (Lipinski definition) is 5. The zero-order valence-corrected chi connectivity index (χ0v) is 17.8. The van der Waals surface area contributed by atoms with Gasteiger partial charge in [0, 0.05) is 42.2 Å². The molecule has 9 heteroatoms. The summed E-state index contributed by atoms with van der Waals surface area (Å²) < 4.78 is 24.8. The first kappa shape index (κ1) is 21.1. The Morgan fingerprint density at radius 3 is 2.81 bits per heavy atom. The van der Waals surface area contributed by atoms with E-state index in [1.165, 1.54) is 19.2 Å². The number of anilines is 1. The van der Waals surface area contributed by atoms with Crippen LogP contribution in [-0.4, -0.2) is 43.1 Å². The van der Waals surface area contributed by atoms with E-state index in [0.717, 1.165) is 0 Å². The molecule has 7 nitrogen and oxygen atoms in total. The summed E-state index contributed by atoms with van der Waals surface area (Å²) in [5.74, 6) is 0.230. The van der Waals surface area contributed by atoms with Gasteiger partial charge in [0.25, 0.3) is 0 Å². The first-order valence-corrected chi connectivity index (χ1v) is 10.0. The number of nitrogens with zero attached hydrogens (tertiary/aromatic N) is 1. The van der Waals surface area contributed by atoms with Gasteiger partial charge in [-0.15, -0.1) is 0 Å². The lowest BCUT2D eigenvalue weighted by atomic mass is 10.0. The highest BCUT2D eigenvalue weighted by molar-refractivity contribution is 6.31. The fourth-order valence-corrected chi connectivity index (χ4v) is 3.94. The normalized spacial score (nSPS) is 13.7. The second kappa shape index (κ2) is 8.56. The van der Waals surface area contributed by atoms with E-state index < -0.39 is 5.82 Å². The van der Waals surface area contributed by atoms with Gasteiger partial charge in [0.1, 0.15) is 11.5 Å². The smallest absolute Gasteiger partial charge is 0.238 e. The molecule has 0 unspecified atom stereocenters. The third kappa shape index (κ3) is 4.08. The number of aromatic amines is 1. The Kier molecular flexibility index (Phi) is 5.84. The molecule has 162 valence electrons. The zero-order valence-electron chi connectivity index (χ0n) is 17.1. The Morgan fingerprint density at radius 2 is 2.06 bits per heavy atom. The monoisotopic (exact) mass is 445 g/mol. The van der Waals surface area contributed by atoms with Crippen molar-refractivity contribution in [1.29, 1.82) is 0 Å². The number of amides is 1. The molecule has 3 aromatic rings. The number of pyridine rings is 1. The van der Waals surface area contributed by atoms with E-state index in [9.17, 15) is 14.0 Å². The fraction of sp³-hybridized carbons (Fsp3) is 0.273. The molecule has 0 fully saturated rings. The van der Waals surface area contributed by atoms with Gasteiger partial charge in [0.2, 0.25) is 5.91 Å². The number of hydrogen-bond donors (Lipinski definition) is 2. The Labute approximate surface area is 182 Å². The number of fused-ring (bicyclic) bond motifs is 2. The molecule has 2 heterocycles. The summed E-state index contributed by atoms with van der Waals surface area (Å²) in [7, 11) is 3.06. The minimum Gasteiger partial charge on any atom is -0.497 e. The fourth-order valence-electron chi connectivity index (χ4n) is 3.78. The SMILES string of the molecule is COc1ccc(OC)c(NC(=O)CN2CCc3[nH]c4c(F)c(Cl)ccc4c(=O)c3C2)c1. The minimum atomic E-state index is -0.631. The maximum atomic E-state index is 14.3. The summed E-state index contributed by atoms with van der Waals surface area (Å²) in [6, 6.07) is 8.01. The van der Waals surface area contributed by atoms with Crippen LogP contribution >= 0.6 is 11.6 Å². The number of carbonyl (C=O) groups is 1. The lowest BCUT2D eigenvalue weighted by molar-refractivity contribution is -0.117. The third-order valence-corrected chi connectivity index (χ3v) is 5.65. The van der Waals surface area contributed by atoms with Gasteiger partial charge < -0.3 is 19.8 Å². The molecule has 1 aliphatic heterocycles. The molecule has 0 saturated heterocycles. The quantitative estimate of drug-likeness (QED) is 0.629. The van der Waals surface area contributed by atoms with Crippen LogP contribution < -0.4 is 20.2 Å². The summed E-state index contributed by atoms with van der Waals surface area (Å²) in [5, 5.41) is 3.04. The van der Waals surface area contributed by atoms with Crippen LogP contribution in [0.4, 0.5) is 10.1 Å². The number of ether oxygens (including phenoxy) is 2. The third-order valence-electron chi connectivity index (χ3n) is 5.36. The molecule has 4 rings (SSSR count). The molecule has 0 atom stereocenters. The van der Waals surface area contributed by atoms with Gasteiger partial charge in [-0.05, 0) is 24.3 Å². The first-order chi connectivity index (χ1) is 14.9. The number of nitrogens with one attached hydrogen (secondary N) is 2. The van der Waals surface area contributed by atoms with E-state index in [0.29, 0.717) is 41.4 Å². The van der Waals surface area contributed by atoms with Crippen molar-refractivity contribution in [3.05, 3.63) is 62.7 Å². The highest BCUT2D eigenvalue weighted by atomic mass is 35.5. The maximum Gasteiger partial charge on any atom is 0.238 e. The van der Waals surface area contributed by atoms with Crippen LogP contribution in [0.25, 0.3) is 10.9 Å². The number of methoxy groups -OCH3 is 2. The molecular formula is C22H21ClFN3O4. The van der Waals surface area contributed by atoms with E-state index >= 15 is 0 Å². The van der Waals surface area contributed by atoms with Crippen molar-refractivity contribution in [3.63, 3.8) is 0 Å². The Bertz CT molecular complexity index is 1230. The highest BCUT2D eigenvalue weighted by Gasteiger charge is 2.24. The van der Waals surface area contributed by atoms with Gasteiger partial charge in [-0.1, -0.05) is 11.6 Å². The summed E-state index contributed by atoms with van der Waals surface area (Å²) in [4.78, 5) is 30.5. The van der Waals surface area contributed by atoms with Crippen molar-refractivity contribution in [1.82, 2.24) is 9.88 Å². The number of H-pyrrole nitrogens is 1. The molecule has 0 aliphatic carbocycles. The molecule has 0 saturated carbocycles. The molecule has 1 aliphatic rings. The van der Waals surface area contributed by atoms with Crippen LogP contribution in [-0.2, 0) is 17.8 Å². The van der Waals surface area contributed by atoms with Crippen LogP contribution in [0, 0.1) is 5.82 Å². The van der Waals surface area contributed by atoms with Crippen LogP contribution in [0.15, 0.2) is 35.1 Å². The van der Waals surface area contributed by atoms with Gasteiger partial charge in [0.15, 0.2) is 11.2 Å². The summed E-state index contributed by atoms with van der Waals surface area (Å²) in [5.41, 5.74) is 1.57. The number of halogens is 2. The Balaban J connectivity index is 1.53. The largest absolute Gasteiger partial charge is 0.497 e. The standard InChI is InChI=1S/C22H21ClFN3O4/c1-30-12-3-6-18(31-2)17(9-12)25-19(28)11-27-8-7-16-14(10-27)22(29)13-4-5-15(23)20(24)21(13)26-16/h3-6,9H,7-8,10-11H2,1-2H3,(H,25,28)(H,26,29). The van der Waals surface area contributed by atoms with Crippen LogP contribution in [0.1, 0.15) is 11.3 Å². The molecule has 2 aromatic carbocycles. The molecule has 1 amide bonds. The molecule has 1 aromatic heterocycles. The van der Waals surface area contributed by atoms with Gasteiger partial charge in [0.05, 0.1) is 37.0 Å². The Hall–Kier alpha value is -3.10. The zero-order chi connectivity index (χ0) is 22.1. The maximum absolute atomic E-state index is 14.3. The second-order valence-corrected chi connectivity index (χ2v) is 7.68. The van der Waals surface area contributed by atoms with Crippen LogP contribution in [0.2, 0.25) is 5.02 Å². The lowest BCUT2D eigenvalue weighted by Gasteiger charge is -2.28. The summed E-state index contributed by atoms with van der Waals surface area (Å²) >= 11 is 5.84. The van der Waals surface area contributed by atoms with E-state index in [1.807, 2.05) is 4.90 Å². The first-order valence-electron chi connectivity index (χ1n) is 9.67. The molecule has 0 bridgehead atoms. The topological polar surface area (TPSA) is 83.7 Å². The summed E-state index contributed by atoms with van der Waals surface area (Å²) in [6.07, 6.45) is 0.488. The van der Waals surface area contributed by atoms with Crippen molar-refractivity contribution in [3.8, 4) is 11.5 Å². The predicted octanol–water partition coefficient (Wildman–Crippen LogP) is 3.33. The van der Waals surface area contributed by atoms with Crippen LogP contribution in [0.5, 0.6) is 11.5 Å². The molecule has 31 heavy (non-hydrogen) atoms. The van der Waals surface area contributed by atoms with Crippen LogP contribution in [0.3, 0.4) is 0 Å². The second-order valence-electron chi connectivity index (χ2n) is 7.27. The molecule has 0 radical (unpaired) electrons. The Morgan fingerprint density at radius 1 is 1.26 bits per heavy atom. The number of carbonyl (C=O) groups excluding carboxylic acids is 1. The van der Waals surface area contributed by atoms with E-state index in [-0.39, 0.29) is 40.4 Å². The molecular weight excluding hydrogens is 425 g/mol. The van der Waals surface area contributed by atoms with Gasteiger partial charge >= 0.3 is 0 Å². The minimum absolute atomic E-state index is 0.0369. The molecule has 2 N–H and O–H groups in total. The van der Waals surface area contributed by atoms with E-state index in [1.54, 1.807) is 25.3 Å². The lowest BCUT2D eigenvalue weighted by Crippen LogP contribution is -2.39. The number of aromatic nitrogens is 1. The van der Waals surface area contributed by atoms with Crippen molar-refractivity contribution >= 4 is 34.1 Å². The summed E-state index contributed by atoms with van der Waals surface area (Å²) in [6.45, 7) is 0.916. The number of benzene rings is 2. The van der Waals surface area contributed by atoms with E-state index in [2.05, 4.69) is 10.3 Å². The average Bonchev–Trinajstić information content (AvgIpc) is 2.77.